The molecule has 0 rings (SSSR count). The largest absolute Gasteiger partial charge is 0.370 e. The number of nitrogens with two attached hydrogens (primary N) is 1. The fourth-order valence-corrected chi connectivity index (χ4v) is 1.49. The number of hydrogen-bond donors (Lipinski definition) is 1. The fourth-order valence-electron chi connectivity index (χ4n) is 1.49. The van der Waals surface area contributed by atoms with Crippen LogP contribution in [-0.2, 0) is 4.79 Å². The van der Waals surface area contributed by atoms with Gasteiger partial charge in [0.25, 0.3) is 0 Å². The van der Waals surface area contributed by atoms with Crippen molar-refractivity contribution in [2.45, 2.75) is 64.7 Å². The van der Waals surface area contributed by atoms with Crippen molar-refractivity contribution in [3.05, 3.63) is 12.2 Å². The van der Waals surface area contributed by atoms with E-state index in [1.165, 1.54) is 32.1 Å². The van der Waals surface area contributed by atoms with E-state index < -0.39 is 0 Å². The minimum absolute atomic E-state index is 0.182. The highest BCUT2D eigenvalue weighted by molar-refractivity contribution is 5.73. The van der Waals surface area contributed by atoms with E-state index in [-0.39, 0.29) is 5.91 Å². The van der Waals surface area contributed by atoms with Crippen LogP contribution in [0.4, 0.5) is 0 Å². The maximum absolute atomic E-state index is 10.4. The molecule has 0 spiro atoms. The summed E-state index contributed by atoms with van der Waals surface area (Å²) in [7, 11) is 0. The monoisotopic (exact) mass is 211 g/mol. The van der Waals surface area contributed by atoms with Crippen molar-refractivity contribution in [1.29, 1.82) is 0 Å². The minimum atomic E-state index is -0.182. The van der Waals surface area contributed by atoms with Gasteiger partial charge >= 0.3 is 0 Å². The highest BCUT2D eigenvalue weighted by atomic mass is 16.1. The number of carbonyl (C=O) groups excluding carboxylic acids is 1. The van der Waals surface area contributed by atoms with Crippen LogP contribution in [0.3, 0.4) is 0 Å². The van der Waals surface area contributed by atoms with Crippen LogP contribution in [0.5, 0.6) is 0 Å². The molecule has 0 saturated heterocycles. The molecule has 0 saturated carbocycles. The van der Waals surface area contributed by atoms with E-state index in [1.54, 1.807) is 0 Å². The van der Waals surface area contributed by atoms with Crippen LogP contribution in [0, 0.1) is 0 Å². The summed E-state index contributed by atoms with van der Waals surface area (Å²) in [6.45, 7) is 2.23. The molecule has 15 heavy (non-hydrogen) atoms. The lowest BCUT2D eigenvalue weighted by Crippen LogP contribution is -2.09. The van der Waals surface area contributed by atoms with Gasteiger partial charge in [-0.25, -0.2) is 0 Å². The summed E-state index contributed by atoms with van der Waals surface area (Å²) in [5, 5.41) is 0. The number of amides is 1. The SMILES string of the molecule is CCCCCCC=CCCCCC(N)=O. The van der Waals surface area contributed by atoms with Crippen LogP contribution in [0.25, 0.3) is 0 Å². The average Bonchev–Trinajstić information content (AvgIpc) is 2.20. The number of carbonyl (C=O) groups is 1. The predicted molar refractivity (Wildman–Crippen MR) is 65.6 cm³/mol. The number of rotatable bonds is 10. The molecule has 0 bridgehead atoms. The van der Waals surface area contributed by atoms with Gasteiger partial charge in [-0.1, -0.05) is 38.3 Å². The molecule has 0 unspecified atom stereocenters. The Morgan fingerprint density at radius 2 is 1.60 bits per heavy atom. The first-order valence-electron chi connectivity index (χ1n) is 6.20. The molecular formula is C13H25NO. The summed E-state index contributed by atoms with van der Waals surface area (Å²) >= 11 is 0. The van der Waals surface area contributed by atoms with Crippen molar-refractivity contribution in [3.8, 4) is 0 Å². The Hall–Kier alpha value is -0.790. The Morgan fingerprint density at radius 1 is 1.00 bits per heavy atom. The van der Waals surface area contributed by atoms with Crippen LogP contribution in [-0.4, -0.2) is 5.91 Å². The minimum Gasteiger partial charge on any atom is -0.370 e. The lowest BCUT2D eigenvalue weighted by molar-refractivity contribution is -0.118. The van der Waals surface area contributed by atoms with Gasteiger partial charge in [0.2, 0.25) is 5.91 Å². The summed E-state index contributed by atoms with van der Waals surface area (Å²) < 4.78 is 0. The molecule has 0 atom stereocenters. The third kappa shape index (κ3) is 13.2. The van der Waals surface area contributed by atoms with Gasteiger partial charge in [-0.05, 0) is 32.1 Å². The molecule has 0 aliphatic heterocycles. The van der Waals surface area contributed by atoms with Gasteiger partial charge in [-0.15, -0.1) is 0 Å². The van der Waals surface area contributed by atoms with Gasteiger partial charge in [0.15, 0.2) is 0 Å². The quantitative estimate of drug-likeness (QED) is 0.436. The standard InChI is InChI=1S/C13H25NO/c1-2-3-4-5-6-7-8-9-10-11-12-13(14)15/h7-8H,2-6,9-12H2,1H3,(H2,14,15). The van der Waals surface area contributed by atoms with Crippen molar-refractivity contribution in [1.82, 2.24) is 0 Å². The Bertz CT molecular complexity index is 175. The molecule has 2 heteroatoms. The molecule has 0 aromatic heterocycles. The summed E-state index contributed by atoms with van der Waals surface area (Å²) in [6, 6.07) is 0. The highest BCUT2D eigenvalue weighted by Gasteiger charge is 1.92. The second kappa shape index (κ2) is 11.3. The number of primary amides is 1. The maximum Gasteiger partial charge on any atom is 0.217 e. The average molecular weight is 211 g/mol. The normalized spacial score (nSPS) is 11.0. The lowest BCUT2D eigenvalue weighted by Gasteiger charge is -1.95. The van der Waals surface area contributed by atoms with Crippen LogP contribution in [0.2, 0.25) is 0 Å². The first-order valence-corrected chi connectivity index (χ1v) is 6.20. The van der Waals surface area contributed by atoms with E-state index in [9.17, 15) is 4.79 Å². The third-order valence-corrected chi connectivity index (χ3v) is 2.43. The molecule has 0 radical (unpaired) electrons. The Labute approximate surface area is 93.9 Å². The van der Waals surface area contributed by atoms with E-state index in [0.29, 0.717) is 6.42 Å². The molecule has 88 valence electrons. The second-order valence-electron chi connectivity index (χ2n) is 4.03. The molecule has 0 fully saturated rings. The van der Waals surface area contributed by atoms with Crippen LogP contribution in [0.15, 0.2) is 12.2 Å². The highest BCUT2D eigenvalue weighted by Crippen LogP contribution is 2.05. The summed E-state index contributed by atoms with van der Waals surface area (Å²) in [5.74, 6) is -0.182. The molecule has 0 aromatic carbocycles. The molecule has 2 N–H and O–H groups in total. The maximum atomic E-state index is 10.4. The van der Waals surface area contributed by atoms with Crippen LogP contribution < -0.4 is 5.73 Å². The van der Waals surface area contributed by atoms with Gasteiger partial charge in [0.1, 0.15) is 0 Å². The lowest BCUT2D eigenvalue weighted by atomic mass is 10.1. The van der Waals surface area contributed by atoms with E-state index in [1.807, 2.05) is 0 Å². The molecule has 0 aliphatic carbocycles. The molecular weight excluding hydrogens is 186 g/mol. The van der Waals surface area contributed by atoms with Gasteiger partial charge < -0.3 is 5.73 Å². The fraction of sp³-hybridized carbons (Fsp3) is 0.769. The van der Waals surface area contributed by atoms with Crippen molar-refractivity contribution in [2.24, 2.45) is 5.73 Å². The summed E-state index contributed by atoms with van der Waals surface area (Å²) in [4.78, 5) is 10.4. The van der Waals surface area contributed by atoms with E-state index in [4.69, 9.17) is 5.73 Å². The smallest absolute Gasteiger partial charge is 0.217 e. The Balaban J connectivity index is 3.07. The van der Waals surface area contributed by atoms with Crippen molar-refractivity contribution < 1.29 is 4.79 Å². The Morgan fingerprint density at radius 3 is 2.13 bits per heavy atom. The van der Waals surface area contributed by atoms with Crippen LogP contribution >= 0.6 is 0 Å². The van der Waals surface area contributed by atoms with E-state index in [0.717, 1.165) is 19.3 Å². The second-order valence-corrected chi connectivity index (χ2v) is 4.03. The van der Waals surface area contributed by atoms with Gasteiger partial charge in [-0.3, -0.25) is 4.79 Å². The van der Waals surface area contributed by atoms with Crippen LogP contribution in [0.1, 0.15) is 64.7 Å². The van der Waals surface area contributed by atoms with Gasteiger partial charge in [0, 0.05) is 6.42 Å². The summed E-state index contributed by atoms with van der Waals surface area (Å²) in [5.41, 5.74) is 5.04. The number of hydrogen-bond acceptors (Lipinski definition) is 1. The zero-order chi connectivity index (χ0) is 11.4. The molecule has 1 amide bonds. The topological polar surface area (TPSA) is 43.1 Å². The van der Waals surface area contributed by atoms with E-state index >= 15 is 0 Å². The Kier molecular flexibility index (Phi) is 10.7. The first kappa shape index (κ1) is 14.2. The molecule has 0 aliphatic rings. The number of unbranched alkanes of at least 4 members (excludes halogenated alkanes) is 6. The van der Waals surface area contributed by atoms with E-state index in [2.05, 4.69) is 19.1 Å². The number of allylic oxidation sites excluding steroid dienone is 2. The van der Waals surface area contributed by atoms with Crippen molar-refractivity contribution in [3.63, 3.8) is 0 Å². The third-order valence-electron chi connectivity index (χ3n) is 2.43. The predicted octanol–water partition coefficient (Wildman–Crippen LogP) is 3.56. The molecule has 0 heterocycles. The molecule has 2 nitrogen and oxygen atoms in total. The zero-order valence-electron chi connectivity index (χ0n) is 10.0. The summed E-state index contributed by atoms with van der Waals surface area (Å²) in [6.07, 6.45) is 14.6. The zero-order valence-corrected chi connectivity index (χ0v) is 10.0. The van der Waals surface area contributed by atoms with Gasteiger partial charge in [0.05, 0.1) is 0 Å². The first-order chi connectivity index (χ1) is 7.27. The van der Waals surface area contributed by atoms with Crippen molar-refractivity contribution >= 4 is 5.91 Å². The van der Waals surface area contributed by atoms with Crippen molar-refractivity contribution in [2.75, 3.05) is 0 Å². The van der Waals surface area contributed by atoms with Gasteiger partial charge in [-0.2, -0.15) is 0 Å². The molecule has 0 aromatic rings.